The third-order valence-corrected chi connectivity index (χ3v) is 6.66. The molecule has 3 rings (SSSR count). The van der Waals surface area contributed by atoms with E-state index in [1.807, 2.05) is 18.2 Å². The van der Waals surface area contributed by atoms with E-state index in [-0.39, 0.29) is 12.0 Å². The smallest absolute Gasteiger partial charge is 0.220 e. The summed E-state index contributed by atoms with van der Waals surface area (Å²) in [6.07, 6.45) is 6.66. The summed E-state index contributed by atoms with van der Waals surface area (Å²) >= 11 is 0. The predicted molar refractivity (Wildman–Crippen MR) is 152 cm³/mol. The molecule has 0 heterocycles. The van der Waals surface area contributed by atoms with Gasteiger partial charge in [-0.1, -0.05) is 131 Å². The molecule has 198 valence electrons. The van der Waals surface area contributed by atoms with Crippen molar-refractivity contribution < 1.29 is 14.3 Å². The van der Waals surface area contributed by atoms with Crippen LogP contribution in [0.15, 0.2) is 91.0 Å². The molecule has 3 aromatic carbocycles. The lowest BCUT2D eigenvalue weighted by Gasteiger charge is -2.37. The molecular weight excluding hydrogens is 458 g/mol. The van der Waals surface area contributed by atoms with Crippen LogP contribution in [0.1, 0.15) is 75.5 Å². The van der Waals surface area contributed by atoms with Crippen LogP contribution in [-0.4, -0.2) is 31.8 Å². The molecule has 0 aliphatic heterocycles. The van der Waals surface area contributed by atoms with Gasteiger partial charge in [0, 0.05) is 19.6 Å². The Balaban J connectivity index is 1.87. The van der Waals surface area contributed by atoms with Gasteiger partial charge in [-0.2, -0.15) is 0 Å². The van der Waals surface area contributed by atoms with Gasteiger partial charge in [0.05, 0.1) is 12.7 Å². The van der Waals surface area contributed by atoms with E-state index in [1.165, 1.54) is 0 Å². The maximum Gasteiger partial charge on any atom is 0.220 e. The first kappa shape index (κ1) is 28.6. The Kier molecular flexibility index (Phi) is 12.4. The highest BCUT2D eigenvalue weighted by Gasteiger charge is 2.38. The van der Waals surface area contributed by atoms with Gasteiger partial charge in [0.2, 0.25) is 5.91 Å². The van der Waals surface area contributed by atoms with Crippen molar-refractivity contribution in [1.29, 1.82) is 0 Å². The maximum absolute atomic E-state index is 12.5. The minimum Gasteiger partial charge on any atom is -0.374 e. The lowest BCUT2D eigenvalue weighted by Crippen LogP contribution is -2.41. The number of benzene rings is 3. The maximum atomic E-state index is 12.5. The van der Waals surface area contributed by atoms with Gasteiger partial charge in [-0.3, -0.25) is 4.79 Å². The van der Waals surface area contributed by atoms with Crippen molar-refractivity contribution in [3.8, 4) is 0 Å². The second-order valence-electron chi connectivity index (χ2n) is 9.55. The zero-order chi connectivity index (χ0) is 26.2. The number of amides is 1. The van der Waals surface area contributed by atoms with E-state index >= 15 is 0 Å². The standard InChI is InChI=1S/C33H43NO3/c1-3-5-10-24-32(35)34-26-31(36-25-17-6-4-2)27-37-33(28-18-11-7-12-19-28,29-20-13-8-14-21-29)30-22-15-9-16-23-30/h7-9,11-16,18-23,31H,3-6,10,17,24-27H2,1-2H3,(H,34,35). The van der Waals surface area contributed by atoms with Crippen LogP contribution in [-0.2, 0) is 19.9 Å². The quantitative estimate of drug-likeness (QED) is 0.156. The molecule has 0 saturated heterocycles. The first-order chi connectivity index (χ1) is 18.2. The average Bonchev–Trinajstić information content (AvgIpc) is 2.95. The van der Waals surface area contributed by atoms with Gasteiger partial charge in [-0.15, -0.1) is 0 Å². The molecule has 37 heavy (non-hydrogen) atoms. The number of carbonyl (C=O) groups excluding carboxylic acids is 1. The third-order valence-electron chi connectivity index (χ3n) is 6.66. The van der Waals surface area contributed by atoms with E-state index in [9.17, 15) is 4.79 Å². The topological polar surface area (TPSA) is 47.6 Å². The monoisotopic (exact) mass is 501 g/mol. The molecule has 1 amide bonds. The molecule has 4 nitrogen and oxygen atoms in total. The lowest BCUT2D eigenvalue weighted by atomic mass is 9.80. The fourth-order valence-corrected chi connectivity index (χ4v) is 4.61. The van der Waals surface area contributed by atoms with Gasteiger partial charge >= 0.3 is 0 Å². The van der Waals surface area contributed by atoms with E-state index in [1.54, 1.807) is 0 Å². The molecule has 1 unspecified atom stereocenters. The van der Waals surface area contributed by atoms with E-state index in [2.05, 4.69) is 92.0 Å². The Morgan fingerprint density at radius 1 is 0.730 bits per heavy atom. The van der Waals surface area contributed by atoms with Crippen LogP contribution < -0.4 is 5.32 Å². The van der Waals surface area contributed by atoms with Crippen LogP contribution in [0.4, 0.5) is 0 Å². The number of hydrogen-bond acceptors (Lipinski definition) is 3. The summed E-state index contributed by atoms with van der Waals surface area (Å²) in [5.41, 5.74) is 2.36. The van der Waals surface area contributed by atoms with E-state index in [4.69, 9.17) is 9.47 Å². The van der Waals surface area contributed by atoms with Crippen molar-refractivity contribution in [3.05, 3.63) is 108 Å². The summed E-state index contributed by atoms with van der Waals surface area (Å²) in [5.74, 6) is 0.0797. The van der Waals surface area contributed by atoms with E-state index in [0.717, 1.165) is 55.2 Å². The summed E-state index contributed by atoms with van der Waals surface area (Å²) in [7, 11) is 0. The second kappa shape index (κ2) is 16.0. The van der Waals surface area contributed by atoms with E-state index in [0.29, 0.717) is 26.2 Å². The SMILES string of the molecule is CCCCCOC(CNC(=O)CCCCC)COC(c1ccccc1)(c1ccccc1)c1ccccc1. The van der Waals surface area contributed by atoms with Gasteiger partial charge in [0.1, 0.15) is 5.60 Å². The third kappa shape index (κ3) is 8.55. The molecule has 0 saturated carbocycles. The van der Waals surface area contributed by atoms with Crippen LogP contribution in [0.3, 0.4) is 0 Å². The summed E-state index contributed by atoms with van der Waals surface area (Å²) in [6, 6.07) is 31.1. The Bertz CT molecular complexity index is 911. The fraction of sp³-hybridized carbons (Fsp3) is 0.424. The van der Waals surface area contributed by atoms with Crippen molar-refractivity contribution in [2.24, 2.45) is 0 Å². The Hall–Kier alpha value is -2.95. The van der Waals surface area contributed by atoms with Crippen molar-refractivity contribution in [1.82, 2.24) is 5.32 Å². The highest BCUT2D eigenvalue weighted by Crippen LogP contribution is 2.40. The van der Waals surface area contributed by atoms with Crippen molar-refractivity contribution in [2.75, 3.05) is 19.8 Å². The van der Waals surface area contributed by atoms with Gasteiger partial charge < -0.3 is 14.8 Å². The van der Waals surface area contributed by atoms with Crippen LogP contribution in [0.25, 0.3) is 0 Å². The molecule has 0 fully saturated rings. The van der Waals surface area contributed by atoms with Crippen molar-refractivity contribution in [2.45, 2.75) is 70.5 Å². The van der Waals surface area contributed by atoms with Crippen LogP contribution in [0, 0.1) is 0 Å². The lowest BCUT2D eigenvalue weighted by molar-refractivity contribution is -0.122. The average molecular weight is 502 g/mol. The Morgan fingerprint density at radius 3 is 1.70 bits per heavy atom. The fourth-order valence-electron chi connectivity index (χ4n) is 4.61. The molecule has 0 aliphatic rings. The summed E-state index contributed by atoms with van der Waals surface area (Å²) in [5, 5.41) is 3.09. The zero-order valence-electron chi connectivity index (χ0n) is 22.5. The summed E-state index contributed by atoms with van der Waals surface area (Å²) in [6.45, 7) is 5.77. The number of carbonyl (C=O) groups is 1. The molecule has 0 spiro atoms. The minimum atomic E-state index is -0.806. The molecule has 0 radical (unpaired) electrons. The first-order valence-electron chi connectivity index (χ1n) is 13.9. The van der Waals surface area contributed by atoms with Crippen LogP contribution in [0.5, 0.6) is 0 Å². The number of nitrogens with one attached hydrogen (secondary N) is 1. The molecule has 3 aromatic rings. The molecule has 1 N–H and O–H groups in total. The van der Waals surface area contributed by atoms with Gasteiger partial charge in [-0.05, 0) is 29.5 Å². The van der Waals surface area contributed by atoms with Gasteiger partial charge in [0.15, 0.2) is 0 Å². The van der Waals surface area contributed by atoms with Gasteiger partial charge in [-0.25, -0.2) is 0 Å². The van der Waals surface area contributed by atoms with Crippen LogP contribution in [0.2, 0.25) is 0 Å². The first-order valence-corrected chi connectivity index (χ1v) is 13.9. The number of hydrogen-bond donors (Lipinski definition) is 1. The van der Waals surface area contributed by atoms with Gasteiger partial charge in [0.25, 0.3) is 0 Å². The molecule has 1 atom stereocenters. The number of ether oxygens (including phenoxy) is 2. The molecular formula is C33H43NO3. The zero-order valence-corrected chi connectivity index (χ0v) is 22.5. The molecule has 0 aromatic heterocycles. The second-order valence-corrected chi connectivity index (χ2v) is 9.55. The molecule has 4 heteroatoms. The Morgan fingerprint density at radius 2 is 1.22 bits per heavy atom. The number of unbranched alkanes of at least 4 members (excludes halogenated alkanes) is 4. The summed E-state index contributed by atoms with van der Waals surface area (Å²) in [4.78, 5) is 12.5. The van der Waals surface area contributed by atoms with Crippen molar-refractivity contribution in [3.63, 3.8) is 0 Å². The van der Waals surface area contributed by atoms with Crippen LogP contribution >= 0.6 is 0 Å². The molecule has 0 aliphatic carbocycles. The normalized spacial score (nSPS) is 12.3. The highest BCUT2D eigenvalue weighted by atomic mass is 16.5. The van der Waals surface area contributed by atoms with Crippen molar-refractivity contribution >= 4 is 5.91 Å². The minimum absolute atomic E-state index is 0.0797. The Labute approximate surface area is 223 Å². The molecule has 0 bridgehead atoms. The summed E-state index contributed by atoms with van der Waals surface area (Å²) < 4.78 is 13.2. The largest absolute Gasteiger partial charge is 0.374 e. The highest BCUT2D eigenvalue weighted by molar-refractivity contribution is 5.75. The van der Waals surface area contributed by atoms with E-state index < -0.39 is 5.60 Å². The predicted octanol–water partition coefficient (Wildman–Crippen LogP) is 7.27. The number of rotatable bonds is 17.